The molecule has 0 radical (unpaired) electrons. The zero-order valence-electron chi connectivity index (χ0n) is 15.4. The molecule has 0 aliphatic heterocycles. The quantitative estimate of drug-likeness (QED) is 0.515. The lowest BCUT2D eigenvalue weighted by Crippen LogP contribution is -2.37. The molecule has 2 amide bonds. The molecular weight excluding hydrogens is 370 g/mol. The standard InChI is InChI=1S/C18H19N3O7/c1-26-12-9-11(14(21(24)25)16(28-3)15(12)27-2)18(23)20-13(17(19)22)10-7-5-4-6-8-10/h4-9,13H,1-3H3,(H2,19,22)(H,20,23). The van der Waals surface area contributed by atoms with Crippen LogP contribution < -0.4 is 25.3 Å². The summed E-state index contributed by atoms with van der Waals surface area (Å²) in [7, 11) is 3.78. The van der Waals surface area contributed by atoms with Gasteiger partial charge < -0.3 is 25.3 Å². The Labute approximate surface area is 160 Å². The Hall–Kier alpha value is -3.82. The summed E-state index contributed by atoms with van der Waals surface area (Å²) in [5, 5.41) is 14.0. The first kappa shape index (κ1) is 20.5. The van der Waals surface area contributed by atoms with Crippen LogP contribution in [0.5, 0.6) is 17.2 Å². The summed E-state index contributed by atoms with van der Waals surface area (Å²) >= 11 is 0. The molecule has 1 atom stereocenters. The van der Waals surface area contributed by atoms with Gasteiger partial charge in [0.05, 0.1) is 26.3 Å². The fourth-order valence-corrected chi connectivity index (χ4v) is 2.67. The van der Waals surface area contributed by atoms with Gasteiger partial charge in [-0.15, -0.1) is 0 Å². The van der Waals surface area contributed by atoms with Crippen LogP contribution in [0, 0.1) is 10.1 Å². The van der Waals surface area contributed by atoms with Gasteiger partial charge in [-0.2, -0.15) is 0 Å². The Morgan fingerprint density at radius 1 is 1.07 bits per heavy atom. The second-order valence-corrected chi connectivity index (χ2v) is 5.52. The number of nitrogens with one attached hydrogen (secondary N) is 1. The lowest BCUT2D eigenvalue weighted by atomic mass is 10.0. The van der Waals surface area contributed by atoms with E-state index in [0.717, 1.165) is 6.07 Å². The van der Waals surface area contributed by atoms with Gasteiger partial charge >= 0.3 is 5.69 Å². The highest BCUT2D eigenvalue weighted by Crippen LogP contribution is 2.46. The summed E-state index contributed by atoms with van der Waals surface area (Å²) in [5.41, 5.74) is 4.82. The number of methoxy groups -OCH3 is 3. The Bertz CT molecular complexity index is 900. The van der Waals surface area contributed by atoms with E-state index in [1.54, 1.807) is 30.3 Å². The molecule has 148 valence electrons. The number of carbonyl (C=O) groups excluding carboxylic acids is 2. The molecule has 0 aliphatic rings. The van der Waals surface area contributed by atoms with Gasteiger partial charge in [-0.25, -0.2) is 0 Å². The third-order valence-corrected chi connectivity index (χ3v) is 3.92. The van der Waals surface area contributed by atoms with Crippen molar-refractivity contribution in [3.63, 3.8) is 0 Å². The van der Waals surface area contributed by atoms with Crippen LogP contribution in [0.1, 0.15) is 22.0 Å². The molecule has 0 saturated carbocycles. The molecule has 2 aromatic rings. The van der Waals surface area contributed by atoms with Crippen molar-refractivity contribution in [1.82, 2.24) is 5.32 Å². The van der Waals surface area contributed by atoms with Gasteiger partial charge in [-0.05, 0) is 5.56 Å². The minimum atomic E-state index is -1.19. The highest BCUT2D eigenvalue weighted by Gasteiger charge is 2.34. The zero-order chi connectivity index (χ0) is 20.8. The molecule has 0 aliphatic carbocycles. The second-order valence-electron chi connectivity index (χ2n) is 5.52. The van der Waals surface area contributed by atoms with Crippen molar-refractivity contribution in [2.45, 2.75) is 6.04 Å². The van der Waals surface area contributed by atoms with Gasteiger partial charge in [0.15, 0.2) is 5.75 Å². The van der Waals surface area contributed by atoms with E-state index in [2.05, 4.69) is 5.32 Å². The first-order chi connectivity index (χ1) is 13.3. The molecule has 0 heterocycles. The average molecular weight is 389 g/mol. The maximum atomic E-state index is 12.8. The molecule has 0 bridgehead atoms. The van der Waals surface area contributed by atoms with Crippen LogP contribution in [0.15, 0.2) is 36.4 Å². The number of hydrogen-bond donors (Lipinski definition) is 2. The molecule has 10 nitrogen and oxygen atoms in total. The van der Waals surface area contributed by atoms with Crippen LogP contribution >= 0.6 is 0 Å². The Morgan fingerprint density at radius 3 is 2.14 bits per heavy atom. The zero-order valence-corrected chi connectivity index (χ0v) is 15.4. The number of carbonyl (C=O) groups is 2. The van der Waals surface area contributed by atoms with Gasteiger partial charge in [0.1, 0.15) is 11.6 Å². The lowest BCUT2D eigenvalue weighted by Gasteiger charge is -2.18. The number of amides is 2. The molecule has 3 N–H and O–H groups in total. The molecule has 0 spiro atoms. The monoisotopic (exact) mass is 389 g/mol. The summed E-state index contributed by atoms with van der Waals surface area (Å²) in [6.45, 7) is 0. The van der Waals surface area contributed by atoms with Crippen LogP contribution in [0.3, 0.4) is 0 Å². The molecule has 2 rings (SSSR count). The lowest BCUT2D eigenvalue weighted by molar-refractivity contribution is -0.386. The number of nitro benzene ring substituents is 1. The second kappa shape index (κ2) is 8.71. The van der Waals surface area contributed by atoms with E-state index in [4.69, 9.17) is 19.9 Å². The molecule has 10 heteroatoms. The van der Waals surface area contributed by atoms with E-state index in [0.29, 0.717) is 5.56 Å². The molecule has 2 aromatic carbocycles. The maximum absolute atomic E-state index is 12.8. The first-order valence-electron chi connectivity index (χ1n) is 7.98. The third-order valence-electron chi connectivity index (χ3n) is 3.92. The maximum Gasteiger partial charge on any atom is 0.327 e. The molecule has 0 aromatic heterocycles. The molecule has 28 heavy (non-hydrogen) atoms. The minimum Gasteiger partial charge on any atom is -0.493 e. The number of nitrogens with zero attached hydrogens (tertiary/aromatic N) is 1. The third kappa shape index (κ3) is 3.95. The number of nitrogens with two attached hydrogens (primary N) is 1. The number of benzene rings is 2. The van der Waals surface area contributed by atoms with E-state index in [1.807, 2.05) is 0 Å². The van der Waals surface area contributed by atoms with Crippen molar-refractivity contribution in [3.8, 4) is 17.2 Å². The van der Waals surface area contributed by atoms with E-state index in [1.165, 1.54) is 21.3 Å². The average Bonchev–Trinajstić information content (AvgIpc) is 2.70. The molecule has 0 saturated heterocycles. The summed E-state index contributed by atoms with van der Waals surface area (Å²) in [6, 6.07) is 8.20. The molecule has 0 fully saturated rings. The number of rotatable bonds is 8. The van der Waals surface area contributed by atoms with Crippen molar-refractivity contribution in [3.05, 3.63) is 57.6 Å². The van der Waals surface area contributed by atoms with Crippen molar-refractivity contribution < 1.29 is 28.7 Å². The fraction of sp³-hybridized carbons (Fsp3) is 0.222. The van der Waals surface area contributed by atoms with Crippen LogP contribution in [0.4, 0.5) is 5.69 Å². The van der Waals surface area contributed by atoms with Gasteiger partial charge in [-0.3, -0.25) is 19.7 Å². The summed E-state index contributed by atoms with van der Waals surface area (Å²) in [4.78, 5) is 35.5. The van der Waals surface area contributed by atoms with Crippen molar-refractivity contribution in [2.75, 3.05) is 21.3 Å². The number of nitro groups is 1. The van der Waals surface area contributed by atoms with Gasteiger partial charge in [0, 0.05) is 6.07 Å². The predicted octanol–water partition coefficient (Wildman–Crippen LogP) is 1.58. The number of ether oxygens (including phenoxy) is 3. The van der Waals surface area contributed by atoms with E-state index >= 15 is 0 Å². The Morgan fingerprint density at radius 2 is 1.68 bits per heavy atom. The van der Waals surface area contributed by atoms with Crippen molar-refractivity contribution in [1.29, 1.82) is 0 Å². The normalized spacial score (nSPS) is 11.2. The highest BCUT2D eigenvalue weighted by atomic mass is 16.6. The topological polar surface area (TPSA) is 143 Å². The first-order valence-corrected chi connectivity index (χ1v) is 7.98. The minimum absolute atomic E-state index is 0.0391. The highest BCUT2D eigenvalue weighted by molar-refractivity contribution is 6.02. The largest absolute Gasteiger partial charge is 0.493 e. The van der Waals surface area contributed by atoms with Crippen LogP contribution in [0.2, 0.25) is 0 Å². The predicted molar refractivity (Wildman–Crippen MR) is 98.6 cm³/mol. The molecular formula is C18H19N3O7. The van der Waals surface area contributed by atoms with Gasteiger partial charge in [0.2, 0.25) is 17.4 Å². The van der Waals surface area contributed by atoms with E-state index < -0.39 is 28.5 Å². The molecule has 1 unspecified atom stereocenters. The van der Waals surface area contributed by atoms with Crippen LogP contribution in [-0.2, 0) is 4.79 Å². The number of hydrogen-bond acceptors (Lipinski definition) is 7. The van der Waals surface area contributed by atoms with Crippen molar-refractivity contribution >= 4 is 17.5 Å². The summed E-state index contributed by atoms with van der Waals surface area (Å²) in [6.07, 6.45) is 0. The van der Waals surface area contributed by atoms with Crippen LogP contribution in [-0.4, -0.2) is 38.1 Å². The van der Waals surface area contributed by atoms with Crippen LogP contribution in [0.25, 0.3) is 0 Å². The summed E-state index contributed by atoms with van der Waals surface area (Å²) < 4.78 is 15.3. The fourth-order valence-electron chi connectivity index (χ4n) is 2.67. The Balaban J connectivity index is 2.57. The van der Waals surface area contributed by atoms with Gasteiger partial charge in [0.25, 0.3) is 5.91 Å². The SMILES string of the molecule is COc1cc(C(=O)NC(C(N)=O)c2ccccc2)c([N+](=O)[O-])c(OC)c1OC. The smallest absolute Gasteiger partial charge is 0.327 e. The Kier molecular flexibility index (Phi) is 6.38. The van der Waals surface area contributed by atoms with E-state index in [-0.39, 0.29) is 22.8 Å². The van der Waals surface area contributed by atoms with Gasteiger partial charge in [-0.1, -0.05) is 30.3 Å². The summed E-state index contributed by atoms with van der Waals surface area (Å²) in [5.74, 6) is -2.01. The van der Waals surface area contributed by atoms with Crippen molar-refractivity contribution in [2.24, 2.45) is 5.73 Å². The van der Waals surface area contributed by atoms with E-state index in [9.17, 15) is 19.7 Å². The number of primary amides is 1.